The summed E-state index contributed by atoms with van der Waals surface area (Å²) in [5.41, 5.74) is 0. The molecule has 140 valence electrons. The number of carbonyl (C=O) groups excluding carboxylic acids is 3. The molecule has 0 saturated carbocycles. The van der Waals surface area contributed by atoms with E-state index in [4.69, 9.17) is 19.3 Å². The number of aliphatic hydroxyl groups is 2. The highest BCUT2D eigenvalue weighted by molar-refractivity contribution is 5.83. The fourth-order valence-corrected chi connectivity index (χ4v) is 1.24. The average Bonchev–Trinajstić information content (AvgIpc) is 2.59. The van der Waals surface area contributed by atoms with Crippen LogP contribution in [0.5, 0.6) is 0 Å². The van der Waals surface area contributed by atoms with Crippen molar-refractivity contribution in [2.24, 2.45) is 0 Å². The number of carbonyl (C=O) groups is 3. The third-order valence-corrected chi connectivity index (χ3v) is 2.25. The minimum absolute atomic E-state index is 0.0155. The van der Waals surface area contributed by atoms with E-state index in [1.165, 1.54) is 0 Å². The van der Waals surface area contributed by atoms with Gasteiger partial charge < -0.3 is 33.9 Å². The maximum atomic E-state index is 11.4. The van der Waals surface area contributed by atoms with Crippen LogP contribution in [0.4, 0.5) is 0 Å². The summed E-state index contributed by atoms with van der Waals surface area (Å²) in [5.74, 6) is -6.58. The van der Waals surface area contributed by atoms with Crippen molar-refractivity contribution in [1.29, 1.82) is 0 Å². The van der Waals surface area contributed by atoms with Gasteiger partial charge in [0, 0.05) is 18.2 Å². The van der Waals surface area contributed by atoms with Gasteiger partial charge >= 0.3 is 30.2 Å². The van der Waals surface area contributed by atoms with Crippen LogP contribution in [-0.2, 0) is 38.1 Å². The molecule has 0 aromatic rings. The zero-order chi connectivity index (χ0) is 19.3. The quantitative estimate of drug-likeness (QED) is 0.185. The lowest BCUT2D eigenvalue weighted by molar-refractivity contribution is -0.402. The highest BCUT2D eigenvalue weighted by Gasteiger charge is 2.49. The largest absolute Gasteiger partial charge is 0.440 e. The van der Waals surface area contributed by atoms with Crippen LogP contribution in [-0.4, -0.2) is 66.8 Å². The van der Waals surface area contributed by atoms with E-state index in [1.807, 2.05) is 0 Å². The number of aliphatic hydroxyl groups excluding tert-OH is 1. The topological polar surface area (TPSA) is 138 Å². The molecule has 1 unspecified atom stereocenters. The zero-order valence-electron chi connectivity index (χ0n) is 13.4. The van der Waals surface area contributed by atoms with Gasteiger partial charge in [-0.05, 0) is 0 Å². The highest BCUT2D eigenvalue weighted by atomic mass is 16.9. The number of ether oxygens (including phenoxy) is 5. The van der Waals surface area contributed by atoms with E-state index in [0.717, 1.165) is 6.08 Å². The van der Waals surface area contributed by atoms with Crippen LogP contribution in [0.2, 0.25) is 0 Å². The van der Waals surface area contributed by atoms with Crippen molar-refractivity contribution >= 4 is 17.9 Å². The summed E-state index contributed by atoms with van der Waals surface area (Å²) < 4.78 is 23.7. The molecule has 10 nitrogen and oxygen atoms in total. The maximum Gasteiger partial charge on any atom is 0.440 e. The van der Waals surface area contributed by atoms with Gasteiger partial charge in [0.25, 0.3) is 0 Å². The molecule has 0 saturated heterocycles. The first-order valence-electron chi connectivity index (χ1n) is 6.89. The molecule has 0 rings (SSSR count). The second-order valence-corrected chi connectivity index (χ2v) is 4.06. The van der Waals surface area contributed by atoms with Crippen molar-refractivity contribution in [1.82, 2.24) is 0 Å². The standard InChI is InChI=1S/C15H20O10/c1-4-11(17)23-14(22-10-9-21-8-7-16)15(20,24-12(18)5-2)25-13(19)6-3/h4-6,14,16,20H,1-3,7-10H2. The molecule has 0 aliphatic heterocycles. The Bertz CT molecular complexity index is 477. The first-order chi connectivity index (χ1) is 11.8. The molecule has 0 amide bonds. The monoisotopic (exact) mass is 360 g/mol. The van der Waals surface area contributed by atoms with Crippen molar-refractivity contribution in [3.8, 4) is 0 Å². The zero-order valence-corrected chi connectivity index (χ0v) is 13.4. The van der Waals surface area contributed by atoms with Crippen LogP contribution in [0, 0.1) is 0 Å². The van der Waals surface area contributed by atoms with Crippen molar-refractivity contribution in [3.05, 3.63) is 38.0 Å². The predicted octanol–water partition coefficient (Wildman–Crippen LogP) is -0.828. The molecule has 0 bridgehead atoms. The predicted molar refractivity (Wildman–Crippen MR) is 81.5 cm³/mol. The van der Waals surface area contributed by atoms with Crippen molar-refractivity contribution < 1.29 is 48.3 Å². The minimum atomic E-state index is -3.12. The second kappa shape index (κ2) is 11.9. The van der Waals surface area contributed by atoms with Crippen LogP contribution in [0.3, 0.4) is 0 Å². The van der Waals surface area contributed by atoms with Gasteiger partial charge in [-0.15, -0.1) is 0 Å². The number of hydrogen-bond acceptors (Lipinski definition) is 10. The normalized spacial score (nSPS) is 11.8. The van der Waals surface area contributed by atoms with Crippen LogP contribution >= 0.6 is 0 Å². The first kappa shape index (κ1) is 22.5. The molecule has 1 atom stereocenters. The van der Waals surface area contributed by atoms with Gasteiger partial charge in [0.1, 0.15) is 0 Å². The fraction of sp³-hybridized carbons (Fsp3) is 0.400. The van der Waals surface area contributed by atoms with E-state index in [0.29, 0.717) is 12.2 Å². The van der Waals surface area contributed by atoms with Crippen LogP contribution in [0.25, 0.3) is 0 Å². The van der Waals surface area contributed by atoms with Gasteiger partial charge in [-0.3, -0.25) is 0 Å². The molecule has 0 aliphatic carbocycles. The lowest BCUT2D eigenvalue weighted by Gasteiger charge is -2.31. The molecule has 0 fully saturated rings. The highest BCUT2D eigenvalue weighted by Crippen LogP contribution is 2.21. The van der Waals surface area contributed by atoms with Crippen molar-refractivity contribution in [2.75, 3.05) is 26.4 Å². The maximum absolute atomic E-state index is 11.4. The van der Waals surface area contributed by atoms with Gasteiger partial charge in [-0.2, -0.15) is 0 Å². The van der Waals surface area contributed by atoms with Crippen molar-refractivity contribution in [3.63, 3.8) is 0 Å². The number of rotatable bonds is 13. The van der Waals surface area contributed by atoms with E-state index >= 15 is 0 Å². The Morgan fingerprint density at radius 3 is 1.88 bits per heavy atom. The molecule has 0 radical (unpaired) electrons. The summed E-state index contributed by atoms with van der Waals surface area (Å²) in [6.07, 6.45) is 0.0138. The second-order valence-electron chi connectivity index (χ2n) is 4.06. The number of esters is 3. The Labute approximate surface area is 143 Å². The van der Waals surface area contributed by atoms with E-state index in [9.17, 15) is 19.5 Å². The van der Waals surface area contributed by atoms with Crippen LogP contribution in [0.15, 0.2) is 38.0 Å². The Hall–Kier alpha value is -2.53. The van der Waals surface area contributed by atoms with Gasteiger partial charge in [0.2, 0.25) is 0 Å². The van der Waals surface area contributed by atoms with E-state index in [-0.39, 0.29) is 26.4 Å². The molecule has 0 spiro atoms. The summed E-state index contributed by atoms with van der Waals surface area (Å²) in [4.78, 5) is 34.2. The Morgan fingerprint density at radius 2 is 1.44 bits per heavy atom. The third kappa shape index (κ3) is 8.77. The Kier molecular flexibility index (Phi) is 10.7. The van der Waals surface area contributed by atoms with E-state index < -0.39 is 30.2 Å². The summed E-state index contributed by atoms with van der Waals surface area (Å²) in [7, 11) is 0. The van der Waals surface area contributed by atoms with Crippen molar-refractivity contribution in [2.45, 2.75) is 12.3 Å². The van der Waals surface area contributed by atoms with Gasteiger partial charge in [0.05, 0.1) is 26.4 Å². The van der Waals surface area contributed by atoms with Crippen LogP contribution < -0.4 is 0 Å². The van der Waals surface area contributed by atoms with Gasteiger partial charge in [-0.1, -0.05) is 19.7 Å². The third-order valence-electron chi connectivity index (χ3n) is 2.25. The lowest BCUT2D eigenvalue weighted by atomic mass is 10.4. The summed E-state index contributed by atoms with van der Waals surface area (Å²) in [6.45, 7) is 8.83. The fourth-order valence-electron chi connectivity index (χ4n) is 1.24. The molecule has 25 heavy (non-hydrogen) atoms. The smallest absolute Gasteiger partial charge is 0.421 e. The summed E-state index contributed by atoms with van der Waals surface area (Å²) in [6, 6.07) is 0. The minimum Gasteiger partial charge on any atom is -0.421 e. The molecule has 2 N–H and O–H groups in total. The Morgan fingerprint density at radius 1 is 0.920 bits per heavy atom. The SMILES string of the molecule is C=CC(=O)OC(OCCOCCO)C(O)(OC(=O)C=C)OC(=O)C=C. The van der Waals surface area contributed by atoms with E-state index in [1.54, 1.807) is 0 Å². The van der Waals surface area contributed by atoms with Gasteiger partial charge in [0.15, 0.2) is 0 Å². The van der Waals surface area contributed by atoms with Gasteiger partial charge in [-0.25, -0.2) is 14.4 Å². The molecular formula is C15H20O10. The summed E-state index contributed by atoms with van der Waals surface area (Å²) >= 11 is 0. The molecule has 0 aromatic carbocycles. The molecule has 0 aliphatic rings. The Balaban J connectivity index is 5.31. The molecule has 10 heteroatoms. The summed E-state index contributed by atoms with van der Waals surface area (Å²) in [5, 5.41) is 18.9. The van der Waals surface area contributed by atoms with Crippen LogP contribution in [0.1, 0.15) is 0 Å². The molecule has 0 heterocycles. The lowest BCUT2D eigenvalue weighted by Crippen LogP contribution is -2.53. The molecular weight excluding hydrogens is 340 g/mol. The first-order valence-corrected chi connectivity index (χ1v) is 6.89. The average molecular weight is 360 g/mol. The number of hydrogen-bond donors (Lipinski definition) is 2. The van der Waals surface area contributed by atoms with E-state index in [2.05, 4.69) is 29.2 Å². The molecule has 0 aromatic heterocycles.